The van der Waals surface area contributed by atoms with Gasteiger partial charge in [-0.25, -0.2) is 13.4 Å². The molecule has 4 nitrogen and oxygen atoms in total. The molecule has 15 heavy (non-hydrogen) atoms. The largest absolute Gasteiger partial charge is 0.379 e. The molecule has 0 aliphatic rings. The minimum absolute atomic E-state index is 0.0677. The van der Waals surface area contributed by atoms with E-state index < -0.39 is 9.84 Å². The van der Waals surface area contributed by atoms with Crippen LogP contribution in [0.4, 0.5) is 5.69 Å². The smallest absolute Gasteiger partial charge is 0.152 e. The van der Waals surface area contributed by atoms with E-state index in [2.05, 4.69) is 10.3 Å². The molecule has 1 rings (SSSR count). The Balaban J connectivity index is 2.67. The molecule has 0 bridgehead atoms. The van der Waals surface area contributed by atoms with E-state index in [4.69, 9.17) is 11.6 Å². The van der Waals surface area contributed by atoms with Gasteiger partial charge >= 0.3 is 0 Å². The second-order valence-corrected chi connectivity index (χ2v) is 6.02. The van der Waals surface area contributed by atoms with Gasteiger partial charge in [0.15, 0.2) is 5.15 Å². The van der Waals surface area contributed by atoms with Crippen LogP contribution in [0.5, 0.6) is 0 Å². The molecule has 84 valence electrons. The lowest BCUT2D eigenvalue weighted by atomic mass is 10.3. The van der Waals surface area contributed by atoms with Gasteiger partial charge in [-0.1, -0.05) is 11.6 Å². The summed E-state index contributed by atoms with van der Waals surface area (Å²) >= 11 is 5.82. The Hall–Kier alpha value is -0.810. The van der Waals surface area contributed by atoms with Crippen LogP contribution in [0.1, 0.15) is 6.92 Å². The summed E-state index contributed by atoms with van der Waals surface area (Å²) in [6.45, 7) is 1.78. The van der Waals surface area contributed by atoms with Gasteiger partial charge < -0.3 is 5.32 Å². The molecule has 0 aliphatic carbocycles. The Labute approximate surface area is 94.6 Å². The monoisotopic (exact) mass is 248 g/mol. The van der Waals surface area contributed by atoms with E-state index in [0.717, 1.165) is 0 Å². The zero-order valence-electron chi connectivity index (χ0n) is 8.57. The van der Waals surface area contributed by atoms with Crippen molar-refractivity contribution in [2.24, 2.45) is 0 Å². The minimum atomic E-state index is -2.98. The first-order chi connectivity index (χ1) is 6.88. The normalized spacial score (nSPS) is 13.5. The fraction of sp³-hybridized carbons (Fsp3) is 0.444. The highest BCUT2D eigenvalue weighted by atomic mass is 35.5. The molecule has 1 aromatic heterocycles. The van der Waals surface area contributed by atoms with E-state index in [1.54, 1.807) is 25.3 Å². The van der Waals surface area contributed by atoms with Crippen molar-refractivity contribution in [2.45, 2.75) is 13.0 Å². The number of hydrogen-bond acceptors (Lipinski definition) is 4. The summed E-state index contributed by atoms with van der Waals surface area (Å²) in [6.07, 6.45) is 2.78. The topological polar surface area (TPSA) is 59.1 Å². The molecule has 0 radical (unpaired) electrons. The standard InChI is InChI=1S/C9H13ClN2O2S/c1-7(6-15(2,13)14)12-8-4-3-5-11-9(8)10/h3-5,7,12H,6H2,1-2H3. The van der Waals surface area contributed by atoms with Gasteiger partial charge in [0.05, 0.1) is 11.4 Å². The lowest BCUT2D eigenvalue weighted by Gasteiger charge is -2.14. The van der Waals surface area contributed by atoms with Crippen LogP contribution in [-0.2, 0) is 9.84 Å². The minimum Gasteiger partial charge on any atom is -0.379 e. The summed E-state index contributed by atoms with van der Waals surface area (Å²) in [5.74, 6) is 0.0677. The van der Waals surface area contributed by atoms with Crippen LogP contribution in [0, 0.1) is 0 Å². The highest BCUT2D eigenvalue weighted by molar-refractivity contribution is 7.90. The maximum Gasteiger partial charge on any atom is 0.152 e. The molecule has 1 N–H and O–H groups in total. The second-order valence-electron chi connectivity index (χ2n) is 3.48. The molecule has 1 heterocycles. The van der Waals surface area contributed by atoms with Crippen molar-refractivity contribution in [2.75, 3.05) is 17.3 Å². The third-order valence-electron chi connectivity index (χ3n) is 1.71. The highest BCUT2D eigenvalue weighted by Gasteiger charge is 2.11. The van der Waals surface area contributed by atoms with Crippen molar-refractivity contribution in [1.29, 1.82) is 0 Å². The third kappa shape index (κ3) is 4.48. The lowest BCUT2D eigenvalue weighted by Crippen LogP contribution is -2.25. The number of anilines is 1. The zero-order chi connectivity index (χ0) is 11.5. The quantitative estimate of drug-likeness (QED) is 0.822. The van der Waals surface area contributed by atoms with E-state index in [0.29, 0.717) is 10.8 Å². The van der Waals surface area contributed by atoms with Gasteiger partial charge in [0.2, 0.25) is 0 Å². The zero-order valence-corrected chi connectivity index (χ0v) is 10.1. The van der Waals surface area contributed by atoms with Gasteiger partial charge in [0.1, 0.15) is 9.84 Å². The first-order valence-corrected chi connectivity index (χ1v) is 6.87. The maximum absolute atomic E-state index is 11.0. The van der Waals surface area contributed by atoms with Gasteiger partial charge in [-0.2, -0.15) is 0 Å². The first kappa shape index (κ1) is 12.3. The molecule has 0 fully saturated rings. The van der Waals surface area contributed by atoms with Crippen molar-refractivity contribution in [3.8, 4) is 0 Å². The van der Waals surface area contributed by atoms with Gasteiger partial charge in [-0.3, -0.25) is 0 Å². The van der Waals surface area contributed by atoms with Gasteiger partial charge in [-0.15, -0.1) is 0 Å². The summed E-state index contributed by atoms with van der Waals surface area (Å²) in [7, 11) is -2.98. The molecule has 1 aromatic rings. The number of pyridine rings is 1. The van der Waals surface area contributed by atoms with E-state index in [1.807, 2.05) is 0 Å². The summed E-state index contributed by atoms with van der Waals surface area (Å²) in [6, 6.07) is 3.30. The molecule has 1 unspecified atom stereocenters. The summed E-state index contributed by atoms with van der Waals surface area (Å²) < 4.78 is 22.1. The molecule has 0 saturated carbocycles. The number of rotatable bonds is 4. The average Bonchev–Trinajstić information content (AvgIpc) is 2.05. The molecular formula is C9H13ClN2O2S. The fourth-order valence-electron chi connectivity index (χ4n) is 1.25. The molecule has 0 saturated heterocycles. The highest BCUT2D eigenvalue weighted by Crippen LogP contribution is 2.18. The summed E-state index contributed by atoms with van der Waals surface area (Å²) in [5, 5.41) is 3.34. The molecule has 0 aromatic carbocycles. The Kier molecular flexibility index (Phi) is 3.93. The number of hydrogen-bond donors (Lipinski definition) is 1. The van der Waals surface area contributed by atoms with Crippen LogP contribution in [0.15, 0.2) is 18.3 Å². The number of nitrogens with one attached hydrogen (secondary N) is 1. The van der Waals surface area contributed by atoms with Crippen LogP contribution in [0.25, 0.3) is 0 Å². The van der Waals surface area contributed by atoms with Crippen molar-refractivity contribution < 1.29 is 8.42 Å². The van der Waals surface area contributed by atoms with E-state index in [-0.39, 0.29) is 11.8 Å². The van der Waals surface area contributed by atoms with Crippen LogP contribution in [0.3, 0.4) is 0 Å². The van der Waals surface area contributed by atoms with Crippen molar-refractivity contribution in [3.05, 3.63) is 23.5 Å². The van der Waals surface area contributed by atoms with Gasteiger partial charge in [-0.05, 0) is 19.1 Å². The van der Waals surface area contributed by atoms with E-state index in [9.17, 15) is 8.42 Å². The Morgan fingerprint density at radius 3 is 2.80 bits per heavy atom. The van der Waals surface area contributed by atoms with Gasteiger partial charge in [0.25, 0.3) is 0 Å². The van der Waals surface area contributed by atoms with Crippen molar-refractivity contribution in [3.63, 3.8) is 0 Å². The molecule has 1 atom stereocenters. The van der Waals surface area contributed by atoms with Crippen LogP contribution in [-0.4, -0.2) is 31.5 Å². The Morgan fingerprint density at radius 1 is 1.60 bits per heavy atom. The SMILES string of the molecule is CC(CS(C)(=O)=O)Nc1cccnc1Cl. The van der Waals surface area contributed by atoms with E-state index in [1.165, 1.54) is 6.26 Å². The number of aromatic nitrogens is 1. The number of sulfone groups is 1. The molecule has 0 spiro atoms. The molecular weight excluding hydrogens is 236 g/mol. The first-order valence-electron chi connectivity index (χ1n) is 4.43. The predicted octanol–water partition coefficient (Wildman–Crippen LogP) is 1.58. The Bertz CT molecular complexity index is 433. The molecule has 6 heteroatoms. The van der Waals surface area contributed by atoms with E-state index >= 15 is 0 Å². The summed E-state index contributed by atoms with van der Waals surface area (Å²) in [4.78, 5) is 3.88. The van der Waals surface area contributed by atoms with Crippen LogP contribution >= 0.6 is 11.6 Å². The molecule has 0 aliphatic heterocycles. The van der Waals surface area contributed by atoms with Crippen LogP contribution < -0.4 is 5.32 Å². The van der Waals surface area contributed by atoms with Crippen molar-refractivity contribution in [1.82, 2.24) is 4.98 Å². The van der Waals surface area contributed by atoms with Crippen molar-refractivity contribution >= 4 is 27.1 Å². The van der Waals surface area contributed by atoms with Crippen LogP contribution in [0.2, 0.25) is 5.15 Å². The average molecular weight is 249 g/mol. The predicted molar refractivity (Wildman–Crippen MR) is 62.0 cm³/mol. The summed E-state index contributed by atoms with van der Waals surface area (Å²) in [5.41, 5.74) is 0.648. The fourth-order valence-corrected chi connectivity index (χ4v) is 2.42. The third-order valence-corrected chi connectivity index (χ3v) is 3.12. The number of halogens is 1. The maximum atomic E-state index is 11.0. The molecule has 0 amide bonds. The number of nitrogens with zero attached hydrogens (tertiary/aromatic N) is 1. The second kappa shape index (κ2) is 4.81. The lowest BCUT2D eigenvalue weighted by molar-refractivity contribution is 0.598. The van der Waals surface area contributed by atoms with Gasteiger partial charge in [0, 0.05) is 18.5 Å². The Morgan fingerprint density at radius 2 is 2.27 bits per heavy atom.